The van der Waals surface area contributed by atoms with Crippen molar-refractivity contribution < 1.29 is 9.59 Å². The number of hydrogen-bond acceptors (Lipinski definition) is 6. The molecule has 0 saturated heterocycles. The molecule has 3 rings (SSSR count). The van der Waals surface area contributed by atoms with Crippen LogP contribution >= 0.6 is 23.1 Å². The van der Waals surface area contributed by atoms with Crippen LogP contribution in [0.15, 0.2) is 58.9 Å². The third-order valence-corrected chi connectivity index (χ3v) is 5.22. The first kappa shape index (κ1) is 18.1. The number of carbonyl (C=O) groups excluding carboxylic acids is 2. The van der Waals surface area contributed by atoms with Crippen LogP contribution in [0.3, 0.4) is 0 Å². The Labute approximate surface area is 159 Å². The van der Waals surface area contributed by atoms with Crippen LogP contribution in [0.5, 0.6) is 0 Å². The Balaban J connectivity index is 1.51. The summed E-state index contributed by atoms with van der Waals surface area (Å²) in [6, 6.07) is 12.2. The van der Waals surface area contributed by atoms with Gasteiger partial charge in [-0.2, -0.15) is 0 Å². The highest BCUT2D eigenvalue weighted by molar-refractivity contribution is 7.98. The molecule has 0 bridgehead atoms. The number of amides is 2. The molecule has 3 aromatic rings. The fraction of sp³-hybridized carbons (Fsp3) is 0.111. The molecule has 0 saturated carbocycles. The van der Waals surface area contributed by atoms with Gasteiger partial charge in [0.05, 0.1) is 10.7 Å². The first-order valence-electron chi connectivity index (χ1n) is 7.77. The zero-order chi connectivity index (χ0) is 18.4. The molecule has 0 aliphatic carbocycles. The molecular formula is C18H16N4O2S2. The Hall–Kier alpha value is -2.71. The van der Waals surface area contributed by atoms with E-state index in [4.69, 9.17) is 0 Å². The van der Waals surface area contributed by atoms with E-state index in [1.807, 2.05) is 19.1 Å². The van der Waals surface area contributed by atoms with Crippen LogP contribution in [0.1, 0.15) is 31.5 Å². The van der Waals surface area contributed by atoms with Crippen molar-refractivity contribution in [3.8, 4) is 0 Å². The zero-order valence-corrected chi connectivity index (χ0v) is 15.6. The maximum absolute atomic E-state index is 12.1. The zero-order valence-electron chi connectivity index (χ0n) is 13.9. The van der Waals surface area contributed by atoms with Crippen LogP contribution < -0.4 is 10.9 Å². The van der Waals surface area contributed by atoms with Gasteiger partial charge in [0.1, 0.15) is 5.69 Å². The molecule has 0 spiro atoms. The van der Waals surface area contributed by atoms with E-state index in [2.05, 4.69) is 26.2 Å². The lowest BCUT2D eigenvalue weighted by Gasteiger charge is -2.07. The lowest BCUT2D eigenvalue weighted by molar-refractivity contribution is 0.0844. The topological polar surface area (TPSA) is 84.0 Å². The summed E-state index contributed by atoms with van der Waals surface area (Å²) in [5.74, 6) is -0.0682. The average Bonchev–Trinajstić information content (AvgIpc) is 3.10. The van der Waals surface area contributed by atoms with Crippen molar-refractivity contribution in [3.05, 3.63) is 76.0 Å². The Bertz CT molecular complexity index is 895. The number of pyridine rings is 1. The van der Waals surface area contributed by atoms with E-state index in [0.29, 0.717) is 5.56 Å². The maximum Gasteiger partial charge on any atom is 0.288 e. The molecule has 0 fully saturated rings. The van der Waals surface area contributed by atoms with Crippen LogP contribution in [0.4, 0.5) is 0 Å². The molecule has 0 unspecified atom stereocenters. The third-order valence-electron chi connectivity index (χ3n) is 3.36. The monoisotopic (exact) mass is 384 g/mol. The summed E-state index contributed by atoms with van der Waals surface area (Å²) in [7, 11) is 0. The second-order valence-corrected chi connectivity index (χ2v) is 7.41. The van der Waals surface area contributed by atoms with Gasteiger partial charge in [0.25, 0.3) is 11.8 Å². The van der Waals surface area contributed by atoms with E-state index in [1.165, 1.54) is 6.20 Å². The van der Waals surface area contributed by atoms with Gasteiger partial charge in [0.2, 0.25) is 0 Å². The minimum Gasteiger partial charge on any atom is -0.267 e. The Morgan fingerprint density at radius 2 is 1.85 bits per heavy atom. The molecule has 0 atom stereocenters. The number of carbonyl (C=O) groups is 2. The SMILES string of the molecule is Cc1nc(CSc2ccc(C(=O)NNC(=O)c3ccccn3)cc2)cs1. The molecule has 26 heavy (non-hydrogen) atoms. The first-order chi connectivity index (χ1) is 12.6. The molecule has 2 amide bonds. The fourth-order valence-corrected chi connectivity index (χ4v) is 3.59. The van der Waals surface area contributed by atoms with Crippen LogP contribution in [-0.4, -0.2) is 21.8 Å². The van der Waals surface area contributed by atoms with E-state index in [0.717, 1.165) is 21.3 Å². The minimum atomic E-state index is -0.468. The Morgan fingerprint density at radius 3 is 2.50 bits per heavy atom. The Morgan fingerprint density at radius 1 is 1.08 bits per heavy atom. The number of hydrazine groups is 1. The van der Waals surface area contributed by atoms with Gasteiger partial charge in [-0.05, 0) is 43.3 Å². The number of nitrogens with zero attached hydrogens (tertiary/aromatic N) is 2. The normalized spacial score (nSPS) is 10.3. The number of aromatic nitrogens is 2. The third kappa shape index (κ3) is 4.90. The van der Waals surface area contributed by atoms with Gasteiger partial charge in [0, 0.05) is 27.8 Å². The molecule has 132 valence electrons. The number of thiazole rings is 1. The minimum absolute atomic E-state index is 0.233. The van der Waals surface area contributed by atoms with Crippen LogP contribution in [0, 0.1) is 6.92 Å². The summed E-state index contributed by atoms with van der Waals surface area (Å²) in [5.41, 5.74) is 6.47. The van der Waals surface area contributed by atoms with Gasteiger partial charge in [-0.25, -0.2) is 4.98 Å². The smallest absolute Gasteiger partial charge is 0.267 e. The standard InChI is InChI=1S/C18H16N4O2S2/c1-12-20-14(10-25-12)11-26-15-7-5-13(6-8-15)17(23)21-22-18(24)16-4-2-3-9-19-16/h2-10H,11H2,1H3,(H,21,23)(H,22,24). The Kier molecular flexibility index (Phi) is 5.98. The lowest BCUT2D eigenvalue weighted by atomic mass is 10.2. The first-order valence-corrected chi connectivity index (χ1v) is 9.64. The number of aryl methyl sites for hydroxylation is 1. The summed E-state index contributed by atoms with van der Waals surface area (Å²) < 4.78 is 0. The number of rotatable bonds is 5. The van der Waals surface area contributed by atoms with E-state index >= 15 is 0 Å². The second-order valence-electron chi connectivity index (χ2n) is 5.29. The number of benzene rings is 1. The molecule has 0 radical (unpaired) electrons. The number of nitrogens with one attached hydrogen (secondary N) is 2. The average molecular weight is 384 g/mol. The van der Waals surface area contributed by atoms with E-state index in [1.54, 1.807) is 53.4 Å². The quantitative estimate of drug-likeness (QED) is 0.521. The number of hydrogen-bond donors (Lipinski definition) is 2. The molecule has 2 N–H and O–H groups in total. The van der Waals surface area contributed by atoms with Crippen molar-refractivity contribution in [1.82, 2.24) is 20.8 Å². The second kappa shape index (κ2) is 8.59. The molecule has 2 heterocycles. The number of thioether (sulfide) groups is 1. The van der Waals surface area contributed by atoms with Gasteiger partial charge in [-0.15, -0.1) is 23.1 Å². The lowest BCUT2D eigenvalue weighted by Crippen LogP contribution is -2.41. The molecule has 8 heteroatoms. The highest BCUT2D eigenvalue weighted by Gasteiger charge is 2.10. The predicted molar refractivity (Wildman–Crippen MR) is 102 cm³/mol. The molecule has 0 aliphatic rings. The van der Waals surface area contributed by atoms with Crippen molar-refractivity contribution in [2.24, 2.45) is 0 Å². The predicted octanol–water partition coefficient (Wildman–Crippen LogP) is 3.21. The van der Waals surface area contributed by atoms with E-state index in [9.17, 15) is 9.59 Å². The van der Waals surface area contributed by atoms with Crippen molar-refractivity contribution in [2.45, 2.75) is 17.6 Å². The van der Waals surface area contributed by atoms with E-state index < -0.39 is 5.91 Å². The molecule has 0 aliphatic heterocycles. The molecule has 2 aromatic heterocycles. The summed E-state index contributed by atoms with van der Waals surface area (Å²) >= 11 is 3.29. The van der Waals surface area contributed by atoms with Crippen molar-refractivity contribution in [1.29, 1.82) is 0 Å². The molecular weight excluding hydrogens is 368 g/mol. The van der Waals surface area contributed by atoms with Crippen LogP contribution in [0.25, 0.3) is 0 Å². The van der Waals surface area contributed by atoms with Gasteiger partial charge in [-0.1, -0.05) is 6.07 Å². The van der Waals surface area contributed by atoms with Crippen LogP contribution in [0.2, 0.25) is 0 Å². The molecule has 1 aromatic carbocycles. The summed E-state index contributed by atoms with van der Waals surface area (Å²) in [5, 5.41) is 3.11. The highest BCUT2D eigenvalue weighted by atomic mass is 32.2. The van der Waals surface area contributed by atoms with Gasteiger partial charge >= 0.3 is 0 Å². The van der Waals surface area contributed by atoms with Gasteiger partial charge in [0.15, 0.2) is 0 Å². The van der Waals surface area contributed by atoms with Gasteiger partial charge < -0.3 is 0 Å². The largest absolute Gasteiger partial charge is 0.288 e. The molecule has 6 nitrogen and oxygen atoms in total. The highest BCUT2D eigenvalue weighted by Crippen LogP contribution is 2.23. The summed E-state index contributed by atoms with van der Waals surface area (Å²) in [6.07, 6.45) is 1.51. The van der Waals surface area contributed by atoms with Gasteiger partial charge in [-0.3, -0.25) is 25.4 Å². The summed E-state index contributed by atoms with van der Waals surface area (Å²) in [6.45, 7) is 1.98. The van der Waals surface area contributed by atoms with Crippen LogP contribution in [-0.2, 0) is 5.75 Å². The summed E-state index contributed by atoms with van der Waals surface area (Å²) in [4.78, 5) is 33.4. The van der Waals surface area contributed by atoms with Crippen molar-refractivity contribution >= 4 is 34.9 Å². The fourth-order valence-electron chi connectivity index (χ4n) is 2.08. The maximum atomic E-state index is 12.1. The van der Waals surface area contributed by atoms with E-state index in [-0.39, 0.29) is 11.6 Å². The van der Waals surface area contributed by atoms with Crippen molar-refractivity contribution in [2.75, 3.05) is 0 Å². The van der Waals surface area contributed by atoms with Crippen molar-refractivity contribution in [3.63, 3.8) is 0 Å².